The van der Waals surface area contributed by atoms with E-state index in [0.717, 1.165) is 6.08 Å². The SMILES string of the molecule is CCC1CN(C(=O)OC(C)(C)C)CC=C1OS(=O)(=O)C(F)(F)F. The molecule has 1 amide bonds. The highest BCUT2D eigenvalue weighted by Crippen LogP contribution is 2.31. The van der Waals surface area contributed by atoms with Crippen LogP contribution >= 0.6 is 0 Å². The van der Waals surface area contributed by atoms with Gasteiger partial charge in [-0.25, -0.2) is 4.79 Å². The fourth-order valence-electron chi connectivity index (χ4n) is 1.88. The Kier molecular flexibility index (Phi) is 5.61. The minimum absolute atomic E-state index is 0.0185. The second-order valence-corrected chi connectivity index (χ2v) is 7.62. The number of alkyl halides is 3. The van der Waals surface area contributed by atoms with Crippen LogP contribution in [0.4, 0.5) is 18.0 Å². The molecule has 0 fully saturated rings. The highest BCUT2D eigenvalue weighted by Gasteiger charge is 2.49. The average molecular weight is 359 g/mol. The molecule has 0 aliphatic carbocycles. The van der Waals surface area contributed by atoms with Crippen molar-refractivity contribution in [2.75, 3.05) is 13.1 Å². The van der Waals surface area contributed by atoms with E-state index in [0.29, 0.717) is 6.42 Å². The van der Waals surface area contributed by atoms with Crippen LogP contribution in [0, 0.1) is 5.92 Å². The molecule has 0 spiro atoms. The van der Waals surface area contributed by atoms with Gasteiger partial charge in [-0.3, -0.25) is 0 Å². The zero-order chi connectivity index (χ0) is 18.1. The maximum atomic E-state index is 12.4. The maximum absolute atomic E-state index is 12.4. The summed E-state index contributed by atoms with van der Waals surface area (Å²) >= 11 is 0. The van der Waals surface area contributed by atoms with Crippen molar-refractivity contribution in [3.05, 3.63) is 11.8 Å². The molecule has 1 aliphatic rings. The van der Waals surface area contributed by atoms with Crippen molar-refractivity contribution < 1.29 is 35.3 Å². The third-order valence-electron chi connectivity index (χ3n) is 2.99. The van der Waals surface area contributed by atoms with E-state index in [2.05, 4.69) is 4.18 Å². The summed E-state index contributed by atoms with van der Waals surface area (Å²) in [6.45, 7) is 6.64. The van der Waals surface area contributed by atoms with E-state index >= 15 is 0 Å². The van der Waals surface area contributed by atoms with Gasteiger partial charge in [-0.2, -0.15) is 21.6 Å². The lowest BCUT2D eigenvalue weighted by atomic mass is 10.0. The van der Waals surface area contributed by atoms with Crippen LogP contribution < -0.4 is 0 Å². The molecular formula is C13H20F3NO5S. The van der Waals surface area contributed by atoms with Crippen LogP contribution in [0.15, 0.2) is 11.8 Å². The average Bonchev–Trinajstić information content (AvgIpc) is 2.35. The van der Waals surface area contributed by atoms with E-state index < -0.39 is 33.2 Å². The fourth-order valence-corrected chi connectivity index (χ4v) is 2.43. The summed E-state index contributed by atoms with van der Waals surface area (Å²) in [6, 6.07) is 0. The first-order valence-electron chi connectivity index (χ1n) is 6.95. The van der Waals surface area contributed by atoms with Crippen molar-refractivity contribution in [2.24, 2.45) is 5.92 Å². The Balaban J connectivity index is 2.88. The van der Waals surface area contributed by atoms with Crippen LogP contribution in [-0.2, 0) is 19.0 Å². The summed E-state index contributed by atoms with van der Waals surface area (Å²) in [5, 5.41) is 0. The minimum Gasteiger partial charge on any atom is -0.444 e. The van der Waals surface area contributed by atoms with E-state index in [1.807, 2.05) is 0 Å². The molecule has 0 N–H and O–H groups in total. The molecule has 6 nitrogen and oxygen atoms in total. The number of nitrogens with zero attached hydrogens (tertiary/aromatic N) is 1. The Morgan fingerprint density at radius 3 is 2.35 bits per heavy atom. The number of hydrogen-bond acceptors (Lipinski definition) is 5. The van der Waals surface area contributed by atoms with E-state index in [1.165, 1.54) is 4.90 Å². The van der Waals surface area contributed by atoms with Gasteiger partial charge in [-0.05, 0) is 33.3 Å². The van der Waals surface area contributed by atoms with Crippen molar-refractivity contribution in [3.63, 3.8) is 0 Å². The lowest BCUT2D eigenvalue weighted by molar-refractivity contribution is -0.0531. The van der Waals surface area contributed by atoms with Crippen molar-refractivity contribution in [1.82, 2.24) is 4.90 Å². The van der Waals surface area contributed by atoms with E-state index in [-0.39, 0.29) is 18.8 Å². The molecule has 1 heterocycles. The number of hydrogen-bond donors (Lipinski definition) is 0. The van der Waals surface area contributed by atoms with Gasteiger partial charge < -0.3 is 13.8 Å². The standard InChI is InChI=1S/C13H20F3NO5S/c1-5-9-8-17(11(18)21-12(2,3)4)7-6-10(9)22-23(19,20)13(14,15)16/h6,9H,5,7-8H2,1-4H3. The molecule has 0 aromatic carbocycles. The lowest BCUT2D eigenvalue weighted by Gasteiger charge is -2.33. The van der Waals surface area contributed by atoms with Crippen LogP contribution in [0.25, 0.3) is 0 Å². The molecule has 0 bridgehead atoms. The maximum Gasteiger partial charge on any atom is 0.534 e. The quantitative estimate of drug-likeness (QED) is 0.572. The van der Waals surface area contributed by atoms with Crippen LogP contribution in [0.5, 0.6) is 0 Å². The van der Waals surface area contributed by atoms with E-state index in [9.17, 15) is 26.4 Å². The second-order valence-electron chi connectivity index (χ2n) is 6.08. The predicted octanol–water partition coefficient (Wildman–Crippen LogP) is 3.01. The number of ether oxygens (including phenoxy) is 1. The van der Waals surface area contributed by atoms with Crippen molar-refractivity contribution >= 4 is 16.2 Å². The molecule has 1 rings (SSSR count). The number of carbonyl (C=O) groups excluding carboxylic acids is 1. The summed E-state index contributed by atoms with van der Waals surface area (Å²) < 4.78 is 68.7. The Bertz CT molecular complexity index is 577. The molecule has 1 aliphatic heterocycles. The summed E-state index contributed by atoms with van der Waals surface area (Å²) in [5.41, 5.74) is -6.20. The van der Waals surface area contributed by atoms with Gasteiger partial charge in [0.1, 0.15) is 11.4 Å². The van der Waals surface area contributed by atoms with E-state index in [1.54, 1.807) is 27.7 Å². The van der Waals surface area contributed by atoms with Crippen molar-refractivity contribution in [2.45, 2.75) is 45.2 Å². The van der Waals surface area contributed by atoms with Crippen molar-refractivity contribution in [3.8, 4) is 0 Å². The molecule has 134 valence electrons. The first kappa shape index (κ1) is 19.6. The number of halogens is 3. The van der Waals surface area contributed by atoms with Gasteiger partial charge in [0.2, 0.25) is 0 Å². The summed E-state index contributed by atoms with van der Waals surface area (Å²) in [7, 11) is -5.71. The smallest absolute Gasteiger partial charge is 0.444 e. The molecule has 0 aromatic heterocycles. The molecule has 1 atom stereocenters. The Morgan fingerprint density at radius 2 is 1.91 bits per heavy atom. The third kappa shape index (κ3) is 5.29. The summed E-state index contributed by atoms with van der Waals surface area (Å²) in [6.07, 6.45) is 0.841. The van der Waals surface area contributed by atoms with Gasteiger partial charge in [0.25, 0.3) is 0 Å². The van der Waals surface area contributed by atoms with Crippen LogP contribution in [0.2, 0.25) is 0 Å². The van der Waals surface area contributed by atoms with E-state index in [4.69, 9.17) is 4.74 Å². The number of amides is 1. The molecule has 0 radical (unpaired) electrons. The molecule has 0 saturated heterocycles. The summed E-state index contributed by atoms with van der Waals surface area (Å²) in [4.78, 5) is 13.2. The number of rotatable bonds is 3. The van der Waals surface area contributed by atoms with Gasteiger partial charge in [0.15, 0.2) is 0 Å². The van der Waals surface area contributed by atoms with Crippen LogP contribution in [-0.4, -0.2) is 43.6 Å². The predicted molar refractivity (Wildman–Crippen MR) is 75.7 cm³/mol. The molecule has 23 heavy (non-hydrogen) atoms. The zero-order valence-corrected chi connectivity index (χ0v) is 14.1. The molecule has 0 aromatic rings. The first-order chi connectivity index (χ1) is 10.3. The van der Waals surface area contributed by atoms with Gasteiger partial charge in [0, 0.05) is 19.0 Å². The van der Waals surface area contributed by atoms with Gasteiger partial charge in [-0.15, -0.1) is 0 Å². The largest absolute Gasteiger partial charge is 0.534 e. The Hall–Kier alpha value is -1.45. The van der Waals surface area contributed by atoms with Crippen LogP contribution in [0.3, 0.4) is 0 Å². The highest BCUT2D eigenvalue weighted by atomic mass is 32.2. The fraction of sp³-hybridized carbons (Fsp3) is 0.769. The Morgan fingerprint density at radius 1 is 1.35 bits per heavy atom. The highest BCUT2D eigenvalue weighted by molar-refractivity contribution is 7.87. The second kappa shape index (κ2) is 6.58. The molecular weight excluding hydrogens is 339 g/mol. The first-order valence-corrected chi connectivity index (χ1v) is 8.36. The molecule has 0 saturated carbocycles. The van der Waals surface area contributed by atoms with Gasteiger partial charge in [0.05, 0.1) is 0 Å². The minimum atomic E-state index is -5.71. The van der Waals surface area contributed by atoms with Gasteiger partial charge >= 0.3 is 21.7 Å². The number of carbonyl (C=O) groups is 1. The van der Waals surface area contributed by atoms with Crippen molar-refractivity contribution in [1.29, 1.82) is 0 Å². The molecule has 10 heteroatoms. The van der Waals surface area contributed by atoms with Gasteiger partial charge in [-0.1, -0.05) is 6.92 Å². The normalized spacial score (nSPS) is 20.0. The topological polar surface area (TPSA) is 72.9 Å². The Labute approximate surface area is 133 Å². The third-order valence-corrected chi connectivity index (χ3v) is 3.97. The summed E-state index contributed by atoms with van der Waals surface area (Å²) in [5.74, 6) is -0.960. The zero-order valence-electron chi connectivity index (χ0n) is 13.3. The lowest BCUT2D eigenvalue weighted by Crippen LogP contribution is -2.43. The van der Waals surface area contributed by atoms with Crippen LogP contribution in [0.1, 0.15) is 34.1 Å². The molecule has 1 unspecified atom stereocenters. The monoisotopic (exact) mass is 359 g/mol.